The van der Waals surface area contributed by atoms with Crippen molar-refractivity contribution in [1.82, 2.24) is 4.98 Å². The third kappa shape index (κ3) is 2.17. The molecule has 0 radical (unpaired) electrons. The van der Waals surface area contributed by atoms with Crippen molar-refractivity contribution in [3.05, 3.63) is 53.6 Å². The number of halogens is 3. The topological polar surface area (TPSA) is 16.8 Å². The van der Waals surface area contributed by atoms with Crippen LogP contribution in [0.4, 0.5) is 8.78 Å². The molecule has 2 rings (SSSR count). The highest BCUT2D eigenvalue weighted by molar-refractivity contribution is 6.28. The van der Waals surface area contributed by atoms with E-state index in [2.05, 4.69) is 4.98 Å². The molecule has 0 aromatic carbocycles. The molecule has 2 aromatic rings. The zero-order valence-electron chi connectivity index (χ0n) is 8.15. The lowest BCUT2D eigenvalue weighted by Gasteiger charge is -1.99. The smallest absolute Gasteiger partial charge is 0.248 e. The summed E-state index contributed by atoms with van der Waals surface area (Å²) in [5, 5.41) is 0.495. The van der Waals surface area contributed by atoms with Crippen molar-refractivity contribution >= 4 is 11.6 Å². The first-order chi connectivity index (χ1) is 7.68. The highest BCUT2D eigenvalue weighted by atomic mass is 35.5. The Labute approximate surface area is 96.1 Å². The highest BCUT2D eigenvalue weighted by Gasteiger charge is 2.13. The quantitative estimate of drug-likeness (QED) is 0.584. The van der Waals surface area contributed by atoms with Crippen molar-refractivity contribution in [1.29, 1.82) is 0 Å². The Bertz CT molecular complexity index is 486. The van der Waals surface area contributed by atoms with Gasteiger partial charge in [0.25, 0.3) is 11.6 Å². The maximum Gasteiger partial charge on any atom is 0.280 e. The number of rotatable bonds is 2. The van der Waals surface area contributed by atoms with E-state index in [0.29, 0.717) is 10.8 Å². The molecule has 0 atom stereocenters. The maximum absolute atomic E-state index is 12.3. The van der Waals surface area contributed by atoms with E-state index in [9.17, 15) is 8.78 Å². The molecule has 0 aliphatic heterocycles. The summed E-state index contributed by atoms with van der Waals surface area (Å²) >= 11 is 5.95. The molecule has 0 aliphatic rings. The zero-order valence-corrected chi connectivity index (χ0v) is 8.90. The van der Waals surface area contributed by atoms with Crippen LogP contribution >= 0.6 is 11.6 Å². The molecule has 0 N–H and O–H groups in total. The Hall–Kier alpha value is -1.55. The van der Waals surface area contributed by atoms with Crippen molar-refractivity contribution in [2.24, 2.45) is 0 Å². The number of alkyl halides is 2. The van der Waals surface area contributed by atoms with Gasteiger partial charge in [-0.3, -0.25) is 0 Å². The lowest BCUT2D eigenvalue weighted by Crippen LogP contribution is -2.31. The average Bonchev–Trinajstić information content (AvgIpc) is 2.30. The number of pyridine rings is 2. The van der Waals surface area contributed by atoms with Crippen LogP contribution in [0.25, 0.3) is 5.69 Å². The molecule has 5 heteroatoms. The van der Waals surface area contributed by atoms with Crippen LogP contribution in [0.1, 0.15) is 12.1 Å². The zero-order chi connectivity index (χ0) is 11.5. The molecule has 0 saturated heterocycles. The van der Waals surface area contributed by atoms with Gasteiger partial charge in [0.15, 0.2) is 6.20 Å². The first-order valence-electron chi connectivity index (χ1n) is 4.59. The van der Waals surface area contributed by atoms with Crippen LogP contribution < -0.4 is 4.57 Å². The van der Waals surface area contributed by atoms with Gasteiger partial charge in [-0.05, 0) is 23.7 Å². The van der Waals surface area contributed by atoms with Gasteiger partial charge in [-0.2, -0.15) is 0 Å². The van der Waals surface area contributed by atoms with Crippen molar-refractivity contribution < 1.29 is 13.3 Å². The summed E-state index contributed by atoms with van der Waals surface area (Å²) in [5.74, 6) is 0. The minimum absolute atomic E-state index is 0.239. The van der Waals surface area contributed by atoms with E-state index in [1.54, 1.807) is 35.0 Å². The van der Waals surface area contributed by atoms with Gasteiger partial charge >= 0.3 is 0 Å². The summed E-state index contributed by atoms with van der Waals surface area (Å²) in [6.45, 7) is 0. The second kappa shape index (κ2) is 4.53. The van der Waals surface area contributed by atoms with Crippen LogP contribution in [0.5, 0.6) is 0 Å². The first-order valence-corrected chi connectivity index (χ1v) is 4.97. The van der Waals surface area contributed by atoms with E-state index in [0.717, 1.165) is 0 Å². The molecule has 2 nitrogen and oxygen atoms in total. The van der Waals surface area contributed by atoms with Crippen molar-refractivity contribution in [3.63, 3.8) is 0 Å². The van der Waals surface area contributed by atoms with Crippen LogP contribution in [-0.2, 0) is 0 Å². The Morgan fingerprint density at radius 3 is 2.56 bits per heavy atom. The van der Waals surface area contributed by atoms with Crippen LogP contribution in [0.3, 0.4) is 0 Å². The van der Waals surface area contributed by atoms with Gasteiger partial charge in [0.05, 0.1) is 6.20 Å². The maximum atomic E-state index is 12.3. The standard InChI is InChI=1S/C11H8ClF2N2/c12-10-3-1-2-6-16(10)8-4-5-9(11(13)14)15-7-8/h1-7,11H/q+1. The molecule has 0 amide bonds. The molecule has 0 unspecified atom stereocenters. The molecular weight excluding hydrogens is 234 g/mol. The predicted molar refractivity (Wildman–Crippen MR) is 55.7 cm³/mol. The summed E-state index contributed by atoms with van der Waals surface area (Å²) in [6, 6.07) is 8.14. The summed E-state index contributed by atoms with van der Waals surface area (Å²) in [7, 11) is 0. The van der Waals surface area contributed by atoms with E-state index >= 15 is 0 Å². The van der Waals surface area contributed by atoms with Gasteiger partial charge in [-0.15, -0.1) is 4.57 Å². The number of hydrogen-bond donors (Lipinski definition) is 0. The first kappa shape index (κ1) is 11.0. The highest BCUT2D eigenvalue weighted by Crippen LogP contribution is 2.16. The monoisotopic (exact) mass is 241 g/mol. The number of nitrogens with zero attached hydrogens (tertiary/aromatic N) is 2. The molecular formula is C11H8ClF2N2+. The fourth-order valence-electron chi connectivity index (χ4n) is 1.30. The van der Waals surface area contributed by atoms with E-state index in [1.807, 2.05) is 0 Å². The minimum atomic E-state index is -2.55. The second-order valence-electron chi connectivity index (χ2n) is 3.14. The molecule has 16 heavy (non-hydrogen) atoms. The average molecular weight is 242 g/mol. The van der Waals surface area contributed by atoms with Crippen LogP contribution in [0, 0.1) is 0 Å². The molecule has 0 spiro atoms. The fourth-order valence-corrected chi connectivity index (χ4v) is 1.53. The number of aromatic nitrogens is 2. The summed E-state index contributed by atoms with van der Waals surface area (Å²) in [4.78, 5) is 3.67. The van der Waals surface area contributed by atoms with Gasteiger partial charge in [-0.25, -0.2) is 13.8 Å². The lowest BCUT2D eigenvalue weighted by atomic mass is 10.3. The normalized spacial score (nSPS) is 10.8. The van der Waals surface area contributed by atoms with Gasteiger partial charge in [0.2, 0.25) is 5.69 Å². The molecule has 0 bridgehead atoms. The third-order valence-electron chi connectivity index (χ3n) is 2.08. The van der Waals surface area contributed by atoms with Crippen molar-refractivity contribution in [2.75, 3.05) is 0 Å². The van der Waals surface area contributed by atoms with E-state index in [4.69, 9.17) is 11.6 Å². The Morgan fingerprint density at radius 1 is 1.19 bits per heavy atom. The molecule has 2 heterocycles. The van der Waals surface area contributed by atoms with Gasteiger partial charge < -0.3 is 0 Å². The van der Waals surface area contributed by atoms with E-state index < -0.39 is 6.43 Å². The summed E-state index contributed by atoms with van der Waals surface area (Å²) in [6.07, 6.45) is 0.555. The van der Waals surface area contributed by atoms with Crippen LogP contribution in [0.15, 0.2) is 42.7 Å². The molecule has 2 aromatic heterocycles. The lowest BCUT2D eigenvalue weighted by molar-refractivity contribution is -0.593. The van der Waals surface area contributed by atoms with Crippen LogP contribution in [-0.4, -0.2) is 4.98 Å². The molecule has 82 valence electrons. The second-order valence-corrected chi connectivity index (χ2v) is 3.52. The van der Waals surface area contributed by atoms with Gasteiger partial charge in [0.1, 0.15) is 5.69 Å². The van der Waals surface area contributed by atoms with E-state index in [1.165, 1.54) is 12.3 Å². The van der Waals surface area contributed by atoms with Gasteiger partial charge in [0, 0.05) is 18.2 Å². The van der Waals surface area contributed by atoms with Crippen molar-refractivity contribution in [2.45, 2.75) is 6.43 Å². The Balaban J connectivity index is 2.39. The summed E-state index contributed by atoms with van der Waals surface area (Å²) in [5.41, 5.74) is 0.409. The molecule has 0 aliphatic carbocycles. The van der Waals surface area contributed by atoms with Gasteiger partial charge in [-0.1, -0.05) is 0 Å². The minimum Gasteiger partial charge on any atom is -0.248 e. The Kier molecular flexibility index (Phi) is 3.10. The SMILES string of the molecule is FC(F)c1ccc(-[n+]2ccccc2Cl)cn1. The van der Waals surface area contributed by atoms with E-state index in [-0.39, 0.29) is 5.69 Å². The predicted octanol–water partition coefficient (Wildman–Crippen LogP) is 2.95. The number of hydrogen-bond acceptors (Lipinski definition) is 1. The summed E-state index contributed by atoms with van der Waals surface area (Å²) < 4.78 is 26.2. The van der Waals surface area contributed by atoms with Crippen molar-refractivity contribution in [3.8, 4) is 5.69 Å². The fraction of sp³-hybridized carbons (Fsp3) is 0.0909. The molecule has 0 fully saturated rings. The van der Waals surface area contributed by atoms with Crippen LogP contribution in [0.2, 0.25) is 5.15 Å². The third-order valence-corrected chi connectivity index (χ3v) is 2.39. The molecule has 0 saturated carbocycles. The Morgan fingerprint density at radius 2 is 2.00 bits per heavy atom. The largest absolute Gasteiger partial charge is 0.280 e.